The van der Waals surface area contributed by atoms with Gasteiger partial charge in [-0.15, -0.1) is 0 Å². The maximum atomic E-state index is 12.3. The van der Waals surface area contributed by atoms with Crippen LogP contribution in [0, 0.1) is 5.41 Å². The number of amides is 1. The first kappa shape index (κ1) is 13.5. The molecule has 3 heterocycles. The van der Waals surface area contributed by atoms with Crippen molar-refractivity contribution in [1.29, 1.82) is 0 Å². The number of aromatic nitrogens is 1. The second-order valence-corrected chi connectivity index (χ2v) is 5.92. The lowest BCUT2D eigenvalue weighted by atomic mass is 9.79. The van der Waals surface area contributed by atoms with E-state index in [-0.39, 0.29) is 5.91 Å². The third-order valence-electron chi connectivity index (χ3n) is 4.38. The van der Waals surface area contributed by atoms with Gasteiger partial charge in [-0.05, 0) is 25.1 Å². The molecular weight excluding hydrogens is 254 g/mol. The number of hydrogen-bond acceptors (Lipinski definition) is 4. The van der Waals surface area contributed by atoms with E-state index >= 15 is 0 Å². The molecule has 3 rings (SSSR count). The zero-order valence-corrected chi connectivity index (χ0v) is 11.9. The SMILES string of the molecule is COCCN1CCC2(C1)CN(C(=O)c1cccnc1)C2. The maximum absolute atomic E-state index is 12.3. The quantitative estimate of drug-likeness (QED) is 0.818. The van der Waals surface area contributed by atoms with Crippen molar-refractivity contribution < 1.29 is 9.53 Å². The van der Waals surface area contributed by atoms with Crippen LogP contribution in [-0.4, -0.2) is 67.1 Å². The van der Waals surface area contributed by atoms with Crippen LogP contribution in [0.1, 0.15) is 16.8 Å². The van der Waals surface area contributed by atoms with E-state index in [2.05, 4.69) is 9.88 Å². The molecule has 0 saturated carbocycles. The van der Waals surface area contributed by atoms with Gasteiger partial charge in [-0.1, -0.05) is 0 Å². The molecule has 108 valence electrons. The maximum Gasteiger partial charge on any atom is 0.255 e. The minimum Gasteiger partial charge on any atom is -0.383 e. The molecule has 1 spiro atoms. The van der Waals surface area contributed by atoms with E-state index in [1.165, 1.54) is 6.42 Å². The molecule has 1 aromatic heterocycles. The van der Waals surface area contributed by atoms with Gasteiger partial charge < -0.3 is 14.5 Å². The number of likely N-dealkylation sites (tertiary alicyclic amines) is 2. The molecule has 1 aromatic rings. The average molecular weight is 275 g/mol. The van der Waals surface area contributed by atoms with Gasteiger partial charge in [0.25, 0.3) is 5.91 Å². The molecule has 5 nitrogen and oxygen atoms in total. The Hall–Kier alpha value is -1.46. The van der Waals surface area contributed by atoms with E-state index in [0.29, 0.717) is 11.0 Å². The summed E-state index contributed by atoms with van der Waals surface area (Å²) in [5, 5.41) is 0. The van der Waals surface area contributed by atoms with Crippen LogP contribution in [-0.2, 0) is 4.74 Å². The van der Waals surface area contributed by atoms with Crippen molar-refractivity contribution in [3.63, 3.8) is 0 Å². The fourth-order valence-electron chi connectivity index (χ4n) is 3.28. The molecule has 2 aliphatic rings. The number of carbonyl (C=O) groups excluding carboxylic acids is 1. The molecule has 0 atom stereocenters. The van der Waals surface area contributed by atoms with Gasteiger partial charge in [-0.2, -0.15) is 0 Å². The van der Waals surface area contributed by atoms with E-state index in [1.807, 2.05) is 17.0 Å². The van der Waals surface area contributed by atoms with Gasteiger partial charge >= 0.3 is 0 Å². The highest BCUT2D eigenvalue weighted by Crippen LogP contribution is 2.39. The first-order chi connectivity index (χ1) is 9.72. The highest BCUT2D eigenvalue weighted by molar-refractivity contribution is 5.94. The van der Waals surface area contributed by atoms with Crippen LogP contribution in [0.5, 0.6) is 0 Å². The van der Waals surface area contributed by atoms with Gasteiger partial charge in [0.05, 0.1) is 12.2 Å². The zero-order chi connectivity index (χ0) is 14.0. The molecule has 0 aromatic carbocycles. The van der Waals surface area contributed by atoms with Crippen molar-refractivity contribution in [2.75, 3.05) is 46.4 Å². The molecule has 0 unspecified atom stereocenters. The van der Waals surface area contributed by atoms with E-state index in [1.54, 1.807) is 19.5 Å². The van der Waals surface area contributed by atoms with Gasteiger partial charge in [0.2, 0.25) is 0 Å². The first-order valence-corrected chi connectivity index (χ1v) is 7.13. The molecule has 2 aliphatic heterocycles. The average Bonchev–Trinajstić information content (AvgIpc) is 2.88. The van der Waals surface area contributed by atoms with E-state index in [0.717, 1.165) is 39.3 Å². The number of ether oxygens (including phenoxy) is 1. The number of methoxy groups -OCH3 is 1. The Morgan fingerprint density at radius 2 is 2.30 bits per heavy atom. The van der Waals surface area contributed by atoms with E-state index in [9.17, 15) is 4.79 Å². The van der Waals surface area contributed by atoms with Crippen LogP contribution in [0.15, 0.2) is 24.5 Å². The van der Waals surface area contributed by atoms with Crippen molar-refractivity contribution in [2.24, 2.45) is 5.41 Å². The second-order valence-electron chi connectivity index (χ2n) is 5.92. The Labute approximate surface area is 119 Å². The summed E-state index contributed by atoms with van der Waals surface area (Å²) in [6, 6.07) is 3.64. The van der Waals surface area contributed by atoms with Crippen molar-refractivity contribution >= 4 is 5.91 Å². The van der Waals surface area contributed by atoms with Crippen LogP contribution in [0.25, 0.3) is 0 Å². The van der Waals surface area contributed by atoms with Crippen LogP contribution in [0.3, 0.4) is 0 Å². The van der Waals surface area contributed by atoms with E-state index in [4.69, 9.17) is 4.74 Å². The fraction of sp³-hybridized carbons (Fsp3) is 0.600. The van der Waals surface area contributed by atoms with Crippen LogP contribution in [0.2, 0.25) is 0 Å². The zero-order valence-electron chi connectivity index (χ0n) is 11.9. The lowest BCUT2D eigenvalue weighted by Gasteiger charge is -2.48. The van der Waals surface area contributed by atoms with Crippen molar-refractivity contribution in [2.45, 2.75) is 6.42 Å². The van der Waals surface area contributed by atoms with Gasteiger partial charge in [-0.25, -0.2) is 0 Å². The van der Waals surface area contributed by atoms with Crippen LogP contribution >= 0.6 is 0 Å². The topological polar surface area (TPSA) is 45.7 Å². The number of nitrogens with zero attached hydrogens (tertiary/aromatic N) is 3. The molecule has 2 saturated heterocycles. The molecular formula is C15H21N3O2. The second kappa shape index (κ2) is 5.50. The van der Waals surface area contributed by atoms with Crippen LogP contribution < -0.4 is 0 Å². The highest BCUT2D eigenvalue weighted by Gasteiger charge is 2.49. The predicted molar refractivity (Wildman–Crippen MR) is 75.5 cm³/mol. The van der Waals surface area contributed by atoms with Crippen molar-refractivity contribution in [3.8, 4) is 0 Å². The largest absolute Gasteiger partial charge is 0.383 e. The summed E-state index contributed by atoms with van der Waals surface area (Å²) in [4.78, 5) is 20.7. The smallest absolute Gasteiger partial charge is 0.255 e. The summed E-state index contributed by atoms with van der Waals surface area (Å²) >= 11 is 0. The summed E-state index contributed by atoms with van der Waals surface area (Å²) in [5.74, 6) is 0.110. The summed E-state index contributed by atoms with van der Waals surface area (Å²) < 4.78 is 5.13. The van der Waals surface area contributed by atoms with Gasteiger partial charge in [0.15, 0.2) is 0 Å². The summed E-state index contributed by atoms with van der Waals surface area (Å²) in [5.41, 5.74) is 1.02. The summed E-state index contributed by atoms with van der Waals surface area (Å²) in [6.45, 7) is 5.75. The molecule has 0 aliphatic carbocycles. The lowest BCUT2D eigenvalue weighted by Crippen LogP contribution is -2.59. The lowest BCUT2D eigenvalue weighted by molar-refractivity contribution is 0.00967. The standard InChI is InChI=1S/C15H21N3O2/c1-20-8-7-17-6-4-15(10-17)11-18(12-15)14(19)13-3-2-5-16-9-13/h2-3,5,9H,4,6-8,10-12H2,1H3. The number of rotatable bonds is 4. The minimum atomic E-state index is 0.110. The fourth-order valence-corrected chi connectivity index (χ4v) is 3.28. The molecule has 20 heavy (non-hydrogen) atoms. The Balaban J connectivity index is 1.53. The molecule has 0 N–H and O–H groups in total. The van der Waals surface area contributed by atoms with Gasteiger partial charge in [0, 0.05) is 51.1 Å². The van der Waals surface area contributed by atoms with Gasteiger partial charge in [0.1, 0.15) is 0 Å². The summed E-state index contributed by atoms with van der Waals surface area (Å²) in [6.07, 6.45) is 4.53. The van der Waals surface area contributed by atoms with Gasteiger partial charge in [-0.3, -0.25) is 9.78 Å². The number of carbonyl (C=O) groups is 1. The molecule has 2 fully saturated rings. The normalized spacial score (nSPS) is 21.1. The van der Waals surface area contributed by atoms with E-state index < -0.39 is 0 Å². The third-order valence-corrected chi connectivity index (χ3v) is 4.38. The summed E-state index contributed by atoms with van der Waals surface area (Å²) in [7, 11) is 1.74. The van der Waals surface area contributed by atoms with Crippen LogP contribution in [0.4, 0.5) is 0 Å². The number of pyridine rings is 1. The molecule has 0 radical (unpaired) electrons. The van der Waals surface area contributed by atoms with Crippen molar-refractivity contribution in [1.82, 2.24) is 14.8 Å². The Bertz CT molecular complexity index is 471. The Morgan fingerprint density at radius 3 is 3.00 bits per heavy atom. The number of hydrogen-bond donors (Lipinski definition) is 0. The predicted octanol–water partition coefficient (Wildman–Crippen LogP) is 0.876. The Morgan fingerprint density at radius 1 is 1.45 bits per heavy atom. The van der Waals surface area contributed by atoms with Crippen molar-refractivity contribution in [3.05, 3.63) is 30.1 Å². The third kappa shape index (κ3) is 2.55. The molecule has 1 amide bonds. The Kier molecular flexibility index (Phi) is 3.72. The molecule has 5 heteroatoms. The monoisotopic (exact) mass is 275 g/mol. The first-order valence-electron chi connectivity index (χ1n) is 7.13. The molecule has 0 bridgehead atoms. The minimum absolute atomic E-state index is 0.110. The highest BCUT2D eigenvalue weighted by atomic mass is 16.5.